The van der Waals surface area contributed by atoms with E-state index in [1.807, 2.05) is 6.20 Å². The summed E-state index contributed by atoms with van der Waals surface area (Å²) in [6.07, 6.45) is 6.82. The normalized spacial score (nSPS) is 11.1. The average molecular weight is 330 g/mol. The van der Waals surface area contributed by atoms with Crippen LogP contribution in [0.3, 0.4) is 0 Å². The first kappa shape index (κ1) is 13.3. The van der Waals surface area contributed by atoms with Crippen molar-refractivity contribution < 1.29 is 0 Å². The van der Waals surface area contributed by atoms with E-state index < -0.39 is 0 Å². The molecular formula is C16H16BrN3. The van der Waals surface area contributed by atoms with Gasteiger partial charge in [-0.05, 0) is 52.2 Å². The van der Waals surface area contributed by atoms with E-state index in [1.54, 1.807) is 6.20 Å². The zero-order valence-corrected chi connectivity index (χ0v) is 12.7. The van der Waals surface area contributed by atoms with Gasteiger partial charge in [-0.15, -0.1) is 0 Å². The van der Waals surface area contributed by atoms with Crippen molar-refractivity contribution >= 4 is 26.8 Å². The van der Waals surface area contributed by atoms with Crippen LogP contribution < -0.4 is 5.32 Å². The molecule has 2 N–H and O–H groups in total. The predicted molar refractivity (Wildman–Crippen MR) is 85.6 cm³/mol. The maximum Gasteiger partial charge on any atom is 0.0456 e. The molecular weight excluding hydrogens is 314 g/mol. The second-order valence-electron chi connectivity index (χ2n) is 4.80. The number of aromatic amines is 1. The zero-order chi connectivity index (χ0) is 13.8. The van der Waals surface area contributed by atoms with E-state index in [2.05, 4.69) is 67.7 Å². The Kier molecular flexibility index (Phi) is 4.14. The molecule has 2 aromatic heterocycles. The van der Waals surface area contributed by atoms with Crippen molar-refractivity contribution in [1.29, 1.82) is 0 Å². The molecule has 0 unspecified atom stereocenters. The SMILES string of the molecule is Brc1cncc(CNCCc2c[nH]c3ccccc23)c1. The van der Waals surface area contributed by atoms with E-state index in [9.17, 15) is 0 Å². The highest BCUT2D eigenvalue weighted by Crippen LogP contribution is 2.17. The summed E-state index contributed by atoms with van der Waals surface area (Å²) in [5.74, 6) is 0. The Labute approximate surface area is 126 Å². The highest BCUT2D eigenvalue weighted by molar-refractivity contribution is 9.10. The summed E-state index contributed by atoms with van der Waals surface area (Å²) in [6.45, 7) is 1.79. The quantitative estimate of drug-likeness (QED) is 0.701. The number of benzene rings is 1. The van der Waals surface area contributed by atoms with Crippen LogP contribution in [0.25, 0.3) is 10.9 Å². The Morgan fingerprint density at radius 2 is 2.10 bits per heavy atom. The summed E-state index contributed by atoms with van der Waals surface area (Å²) < 4.78 is 1.02. The number of rotatable bonds is 5. The minimum absolute atomic E-state index is 0.842. The molecule has 3 nitrogen and oxygen atoms in total. The lowest BCUT2D eigenvalue weighted by Gasteiger charge is -2.04. The summed E-state index contributed by atoms with van der Waals surface area (Å²) >= 11 is 3.44. The van der Waals surface area contributed by atoms with Gasteiger partial charge in [0.05, 0.1) is 0 Å². The Bertz CT molecular complexity index is 706. The summed E-state index contributed by atoms with van der Waals surface area (Å²) in [6, 6.07) is 10.5. The smallest absolute Gasteiger partial charge is 0.0456 e. The van der Waals surface area contributed by atoms with E-state index in [0.717, 1.165) is 24.0 Å². The third-order valence-electron chi connectivity index (χ3n) is 3.34. The minimum Gasteiger partial charge on any atom is -0.361 e. The minimum atomic E-state index is 0.842. The number of para-hydroxylation sites is 1. The lowest BCUT2D eigenvalue weighted by atomic mass is 10.1. The Hall–Kier alpha value is -1.65. The second-order valence-corrected chi connectivity index (χ2v) is 5.71. The van der Waals surface area contributed by atoms with Gasteiger partial charge >= 0.3 is 0 Å². The number of hydrogen-bond donors (Lipinski definition) is 2. The van der Waals surface area contributed by atoms with Crippen LogP contribution in [0.15, 0.2) is 53.4 Å². The summed E-state index contributed by atoms with van der Waals surface area (Å²) in [5.41, 5.74) is 3.76. The molecule has 0 spiro atoms. The van der Waals surface area contributed by atoms with Crippen molar-refractivity contribution in [2.75, 3.05) is 6.54 Å². The number of pyridine rings is 1. The van der Waals surface area contributed by atoms with Crippen molar-refractivity contribution in [3.8, 4) is 0 Å². The van der Waals surface area contributed by atoms with Gasteiger partial charge in [0.15, 0.2) is 0 Å². The van der Waals surface area contributed by atoms with Crippen LogP contribution in [0, 0.1) is 0 Å². The van der Waals surface area contributed by atoms with E-state index >= 15 is 0 Å². The highest BCUT2D eigenvalue weighted by Gasteiger charge is 2.02. The molecule has 2 heterocycles. The fraction of sp³-hybridized carbons (Fsp3) is 0.188. The van der Waals surface area contributed by atoms with Crippen molar-refractivity contribution in [2.24, 2.45) is 0 Å². The molecule has 0 saturated carbocycles. The molecule has 0 radical (unpaired) electrons. The zero-order valence-electron chi connectivity index (χ0n) is 11.1. The van der Waals surface area contributed by atoms with E-state index in [-0.39, 0.29) is 0 Å². The topological polar surface area (TPSA) is 40.7 Å². The molecule has 1 aromatic carbocycles. The van der Waals surface area contributed by atoms with Crippen LogP contribution in [0.4, 0.5) is 0 Å². The number of H-pyrrole nitrogens is 1. The van der Waals surface area contributed by atoms with Crippen LogP contribution >= 0.6 is 15.9 Å². The number of hydrogen-bond acceptors (Lipinski definition) is 2. The van der Waals surface area contributed by atoms with E-state index in [0.29, 0.717) is 0 Å². The Morgan fingerprint density at radius 3 is 3.00 bits per heavy atom. The lowest BCUT2D eigenvalue weighted by Crippen LogP contribution is -2.16. The third-order valence-corrected chi connectivity index (χ3v) is 3.77. The summed E-state index contributed by atoms with van der Waals surface area (Å²) in [4.78, 5) is 7.47. The Morgan fingerprint density at radius 1 is 1.20 bits per heavy atom. The number of nitrogens with one attached hydrogen (secondary N) is 2. The second kappa shape index (κ2) is 6.20. The van der Waals surface area contributed by atoms with E-state index in [4.69, 9.17) is 0 Å². The van der Waals surface area contributed by atoms with Crippen molar-refractivity contribution in [2.45, 2.75) is 13.0 Å². The van der Waals surface area contributed by atoms with Gasteiger partial charge in [-0.2, -0.15) is 0 Å². The molecule has 4 heteroatoms. The predicted octanol–water partition coefficient (Wildman–Crippen LogP) is 3.66. The van der Waals surface area contributed by atoms with Gasteiger partial charge in [0.1, 0.15) is 0 Å². The van der Waals surface area contributed by atoms with Crippen molar-refractivity contribution in [1.82, 2.24) is 15.3 Å². The van der Waals surface area contributed by atoms with Gasteiger partial charge in [0.25, 0.3) is 0 Å². The molecule has 0 bridgehead atoms. The van der Waals surface area contributed by atoms with Gasteiger partial charge < -0.3 is 10.3 Å². The fourth-order valence-corrected chi connectivity index (χ4v) is 2.76. The van der Waals surface area contributed by atoms with Crippen LogP contribution in [0.5, 0.6) is 0 Å². The molecule has 0 fully saturated rings. The van der Waals surface area contributed by atoms with Gasteiger partial charge in [-0.25, -0.2) is 0 Å². The largest absolute Gasteiger partial charge is 0.361 e. The number of halogens is 1. The average Bonchev–Trinajstić information content (AvgIpc) is 2.87. The van der Waals surface area contributed by atoms with Gasteiger partial charge in [-0.1, -0.05) is 18.2 Å². The lowest BCUT2D eigenvalue weighted by molar-refractivity contribution is 0.686. The highest BCUT2D eigenvalue weighted by atomic mass is 79.9. The molecule has 0 atom stereocenters. The summed E-state index contributed by atoms with van der Waals surface area (Å²) in [5, 5.41) is 4.78. The van der Waals surface area contributed by atoms with Crippen LogP contribution in [0.1, 0.15) is 11.1 Å². The van der Waals surface area contributed by atoms with Crippen molar-refractivity contribution in [3.63, 3.8) is 0 Å². The van der Waals surface area contributed by atoms with Crippen molar-refractivity contribution in [3.05, 3.63) is 64.5 Å². The van der Waals surface area contributed by atoms with E-state index in [1.165, 1.54) is 22.0 Å². The molecule has 3 aromatic rings. The maximum atomic E-state index is 4.16. The molecule has 20 heavy (non-hydrogen) atoms. The molecule has 0 amide bonds. The molecule has 102 valence electrons. The Balaban J connectivity index is 1.55. The number of aromatic nitrogens is 2. The fourth-order valence-electron chi connectivity index (χ4n) is 2.35. The first-order chi connectivity index (χ1) is 9.83. The first-order valence-corrected chi connectivity index (χ1v) is 7.47. The van der Waals surface area contributed by atoms with Gasteiger partial charge in [-0.3, -0.25) is 4.98 Å². The van der Waals surface area contributed by atoms with Crippen LogP contribution in [-0.2, 0) is 13.0 Å². The van der Waals surface area contributed by atoms with Crippen LogP contribution in [-0.4, -0.2) is 16.5 Å². The molecule has 0 aliphatic carbocycles. The number of fused-ring (bicyclic) bond motifs is 1. The molecule has 0 aliphatic heterocycles. The molecule has 3 rings (SSSR count). The standard InChI is InChI=1S/C16H16BrN3/c17-14-7-12(9-19-11-14)8-18-6-5-13-10-20-16-4-2-1-3-15(13)16/h1-4,7,9-11,18,20H,5-6,8H2. The monoisotopic (exact) mass is 329 g/mol. The maximum absolute atomic E-state index is 4.16. The molecule has 0 saturated heterocycles. The number of nitrogens with zero attached hydrogens (tertiary/aromatic N) is 1. The molecule has 0 aliphatic rings. The third kappa shape index (κ3) is 3.08. The summed E-state index contributed by atoms with van der Waals surface area (Å²) in [7, 11) is 0. The first-order valence-electron chi connectivity index (χ1n) is 6.68. The van der Waals surface area contributed by atoms with Gasteiger partial charge in [0.2, 0.25) is 0 Å². The van der Waals surface area contributed by atoms with Crippen LogP contribution in [0.2, 0.25) is 0 Å². The van der Waals surface area contributed by atoms with Gasteiger partial charge in [0, 0.05) is 40.5 Å².